The Bertz CT molecular complexity index is 566. The molecular formula is C11H13BrClNO4S. The molecule has 1 saturated heterocycles. The van der Waals surface area contributed by atoms with Crippen molar-refractivity contribution in [1.82, 2.24) is 4.31 Å². The maximum atomic E-state index is 12.5. The van der Waals surface area contributed by atoms with Gasteiger partial charge in [-0.15, -0.1) is 0 Å². The van der Waals surface area contributed by atoms with Crippen LogP contribution in [-0.4, -0.2) is 50.2 Å². The number of benzene rings is 1. The molecule has 1 fully saturated rings. The van der Waals surface area contributed by atoms with Crippen molar-refractivity contribution in [3.05, 3.63) is 27.7 Å². The Morgan fingerprint density at radius 2 is 2.26 bits per heavy atom. The van der Waals surface area contributed by atoms with E-state index < -0.39 is 16.1 Å². The summed E-state index contributed by atoms with van der Waals surface area (Å²) >= 11 is 9.06. The summed E-state index contributed by atoms with van der Waals surface area (Å²) in [5, 5.41) is 9.70. The Balaban J connectivity index is 2.37. The van der Waals surface area contributed by atoms with E-state index in [1.807, 2.05) is 0 Å². The molecule has 1 N–H and O–H groups in total. The maximum Gasteiger partial charge on any atom is 0.243 e. The lowest BCUT2D eigenvalue weighted by Gasteiger charge is -2.33. The van der Waals surface area contributed by atoms with Crippen molar-refractivity contribution in [2.75, 3.05) is 26.4 Å². The van der Waals surface area contributed by atoms with Gasteiger partial charge in [0.15, 0.2) is 0 Å². The molecule has 0 saturated carbocycles. The number of sulfonamides is 1. The first-order valence-electron chi connectivity index (χ1n) is 5.62. The van der Waals surface area contributed by atoms with Crippen LogP contribution in [0.25, 0.3) is 0 Å². The fourth-order valence-electron chi connectivity index (χ4n) is 1.87. The molecular weight excluding hydrogens is 358 g/mol. The van der Waals surface area contributed by atoms with Crippen LogP contribution in [0.3, 0.4) is 0 Å². The number of aliphatic hydroxyl groups is 1. The molecule has 19 heavy (non-hydrogen) atoms. The number of halogens is 2. The van der Waals surface area contributed by atoms with Crippen molar-refractivity contribution in [3.63, 3.8) is 0 Å². The molecule has 1 aromatic rings. The van der Waals surface area contributed by atoms with Gasteiger partial charge >= 0.3 is 0 Å². The number of ether oxygens (including phenoxy) is 1. The number of morpholine rings is 1. The SMILES string of the molecule is O=S(=O)(c1ccc(Cl)c(Br)c1)N1CCOCC1CO. The lowest BCUT2D eigenvalue weighted by molar-refractivity contribution is 0.0109. The van der Waals surface area contributed by atoms with Gasteiger partial charge in [0.05, 0.1) is 35.8 Å². The zero-order valence-electron chi connectivity index (χ0n) is 9.92. The maximum absolute atomic E-state index is 12.5. The van der Waals surface area contributed by atoms with E-state index in [1.165, 1.54) is 22.5 Å². The van der Waals surface area contributed by atoms with Gasteiger partial charge in [-0.05, 0) is 34.1 Å². The van der Waals surface area contributed by atoms with E-state index in [-0.39, 0.29) is 24.7 Å². The van der Waals surface area contributed by atoms with Crippen molar-refractivity contribution in [2.45, 2.75) is 10.9 Å². The minimum atomic E-state index is -3.66. The first-order chi connectivity index (χ1) is 8.96. The topological polar surface area (TPSA) is 66.8 Å². The molecule has 0 aromatic heterocycles. The summed E-state index contributed by atoms with van der Waals surface area (Å²) in [5.74, 6) is 0. The van der Waals surface area contributed by atoms with Crippen LogP contribution >= 0.6 is 27.5 Å². The van der Waals surface area contributed by atoms with Gasteiger partial charge in [0, 0.05) is 11.0 Å². The molecule has 1 atom stereocenters. The summed E-state index contributed by atoms with van der Waals surface area (Å²) in [7, 11) is -3.66. The molecule has 8 heteroatoms. The third kappa shape index (κ3) is 3.12. The van der Waals surface area contributed by atoms with Gasteiger partial charge in [-0.3, -0.25) is 0 Å². The second kappa shape index (κ2) is 6.07. The third-order valence-corrected chi connectivity index (χ3v) is 6.04. The molecule has 1 unspecified atom stereocenters. The normalized spacial score (nSPS) is 21.5. The lowest BCUT2D eigenvalue weighted by Crippen LogP contribution is -2.50. The average Bonchev–Trinajstić information content (AvgIpc) is 2.41. The van der Waals surface area contributed by atoms with Crippen LogP contribution in [0.4, 0.5) is 0 Å². The van der Waals surface area contributed by atoms with Crippen molar-refractivity contribution < 1.29 is 18.3 Å². The largest absolute Gasteiger partial charge is 0.395 e. The standard InChI is InChI=1S/C11H13BrClNO4S/c12-10-5-9(1-2-11(10)13)19(16,17)14-3-4-18-7-8(14)6-15/h1-2,5,8,15H,3-4,6-7H2. The smallest absolute Gasteiger partial charge is 0.243 e. The summed E-state index contributed by atoms with van der Waals surface area (Å²) in [6.07, 6.45) is 0. The highest BCUT2D eigenvalue weighted by molar-refractivity contribution is 9.10. The van der Waals surface area contributed by atoms with Gasteiger partial charge in [0.25, 0.3) is 0 Å². The van der Waals surface area contributed by atoms with Crippen LogP contribution in [0.2, 0.25) is 5.02 Å². The molecule has 0 amide bonds. The molecule has 2 rings (SSSR count). The van der Waals surface area contributed by atoms with E-state index in [0.29, 0.717) is 16.1 Å². The van der Waals surface area contributed by atoms with Crippen LogP contribution in [0.5, 0.6) is 0 Å². The second-order valence-electron chi connectivity index (χ2n) is 4.10. The summed E-state index contributed by atoms with van der Waals surface area (Å²) < 4.78 is 32.0. The highest BCUT2D eigenvalue weighted by atomic mass is 79.9. The number of aliphatic hydroxyl groups excluding tert-OH is 1. The Labute approximate surface area is 125 Å². The fourth-order valence-corrected chi connectivity index (χ4v) is 4.13. The van der Waals surface area contributed by atoms with Crippen LogP contribution in [0.1, 0.15) is 0 Å². The number of nitrogens with zero attached hydrogens (tertiary/aromatic N) is 1. The highest BCUT2D eigenvalue weighted by Gasteiger charge is 2.33. The molecule has 5 nitrogen and oxygen atoms in total. The molecule has 1 heterocycles. The van der Waals surface area contributed by atoms with Crippen LogP contribution in [0, 0.1) is 0 Å². The van der Waals surface area contributed by atoms with Crippen LogP contribution < -0.4 is 0 Å². The lowest BCUT2D eigenvalue weighted by atomic mass is 10.3. The molecule has 0 bridgehead atoms. The molecule has 1 aliphatic heterocycles. The van der Waals surface area contributed by atoms with Crippen LogP contribution in [-0.2, 0) is 14.8 Å². The molecule has 0 radical (unpaired) electrons. The van der Waals surface area contributed by atoms with Crippen molar-refractivity contribution in [2.24, 2.45) is 0 Å². The van der Waals surface area contributed by atoms with E-state index >= 15 is 0 Å². The minimum absolute atomic E-state index is 0.143. The van der Waals surface area contributed by atoms with Gasteiger partial charge in [-0.25, -0.2) is 8.42 Å². The summed E-state index contributed by atoms with van der Waals surface area (Å²) in [6, 6.07) is 3.88. The summed E-state index contributed by atoms with van der Waals surface area (Å²) in [6.45, 7) is 0.483. The van der Waals surface area contributed by atoms with Gasteiger partial charge in [-0.1, -0.05) is 11.6 Å². The Morgan fingerprint density at radius 1 is 1.53 bits per heavy atom. The van der Waals surface area contributed by atoms with E-state index in [1.54, 1.807) is 0 Å². The number of hydrogen-bond acceptors (Lipinski definition) is 4. The first kappa shape index (κ1) is 15.2. The van der Waals surface area contributed by atoms with Gasteiger partial charge in [-0.2, -0.15) is 4.31 Å². The predicted molar refractivity (Wildman–Crippen MR) is 74.7 cm³/mol. The van der Waals surface area contributed by atoms with Crippen molar-refractivity contribution in [3.8, 4) is 0 Å². The minimum Gasteiger partial charge on any atom is -0.395 e. The predicted octanol–water partition coefficient (Wildman–Crippen LogP) is 1.48. The zero-order chi connectivity index (χ0) is 14.0. The quantitative estimate of drug-likeness (QED) is 0.875. The molecule has 106 valence electrons. The third-order valence-electron chi connectivity index (χ3n) is 2.88. The fraction of sp³-hybridized carbons (Fsp3) is 0.455. The molecule has 0 aliphatic carbocycles. The zero-order valence-corrected chi connectivity index (χ0v) is 13.1. The molecule has 1 aliphatic rings. The Hall–Kier alpha value is -0.180. The number of rotatable bonds is 3. The van der Waals surface area contributed by atoms with E-state index in [4.69, 9.17) is 16.3 Å². The van der Waals surface area contributed by atoms with E-state index in [0.717, 1.165) is 0 Å². The highest BCUT2D eigenvalue weighted by Crippen LogP contribution is 2.28. The van der Waals surface area contributed by atoms with Gasteiger partial charge in [0.1, 0.15) is 0 Å². The molecule has 1 aromatic carbocycles. The van der Waals surface area contributed by atoms with Crippen LogP contribution in [0.15, 0.2) is 27.6 Å². The molecule has 0 spiro atoms. The number of hydrogen-bond donors (Lipinski definition) is 1. The first-order valence-corrected chi connectivity index (χ1v) is 8.23. The summed E-state index contributed by atoms with van der Waals surface area (Å²) in [4.78, 5) is 0.143. The van der Waals surface area contributed by atoms with E-state index in [2.05, 4.69) is 15.9 Å². The van der Waals surface area contributed by atoms with E-state index in [9.17, 15) is 13.5 Å². The Morgan fingerprint density at radius 3 is 2.89 bits per heavy atom. The average molecular weight is 371 g/mol. The summed E-state index contributed by atoms with van der Waals surface area (Å²) in [5.41, 5.74) is 0. The monoisotopic (exact) mass is 369 g/mol. The van der Waals surface area contributed by atoms with Crippen molar-refractivity contribution in [1.29, 1.82) is 0 Å². The second-order valence-corrected chi connectivity index (χ2v) is 7.26. The Kier molecular flexibility index (Phi) is 4.86. The van der Waals surface area contributed by atoms with Gasteiger partial charge in [0.2, 0.25) is 10.0 Å². The van der Waals surface area contributed by atoms with Crippen molar-refractivity contribution >= 4 is 37.6 Å². The van der Waals surface area contributed by atoms with Gasteiger partial charge < -0.3 is 9.84 Å².